The van der Waals surface area contributed by atoms with Crippen LogP contribution in [0.15, 0.2) is 18.2 Å². The van der Waals surface area contributed by atoms with Crippen LogP contribution in [-0.2, 0) is 9.59 Å². The SMILES string of the molecule is Cl.O=C1CNC(N2C(=O)c3ccc(N4CCN(CCN5CCNCC5)CC4)cc3C2=O)C(=O)N1. The summed E-state index contributed by atoms with van der Waals surface area (Å²) >= 11 is 0. The molecule has 4 amide bonds. The van der Waals surface area contributed by atoms with Crippen LogP contribution in [0.25, 0.3) is 0 Å². The number of amides is 4. The van der Waals surface area contributed by atoms with Crippen molar-refractivity contribution in [1.29, 1.82) is 0 Å². The molecule has 11 nitrogen and oxygen atoms in total. The van der Waals surface area contributed by atoms with Crippen LogP contribution >= 0.6 is 12.4 Å². The number of piperazine rings is 3. The minimum atomic E-state index is -1.18. The van der Waals surface area contributed by atoms with Crippen molar-refractivity contribution in [3.63, 3.8) is 0 Å². The molecule has 1 atom stereocenters. The topological polar surface area (TPSA) is 117 Å². The minimum Gasteiger partial charge on any atom is -0.369 e. The fourth-order valence-electron chi connectivity index (χ4n) is 4.87. The number of nitrogens with zero attached hydrogens (tertiary/aromatic N) is 4. The van der Waals surface area contributed by atoms with Crippen molar-refractivity contribution in [1.82, 2.24) is 30.7 Å². The zero-order chi connectivity index (χ0) is 22.9. The van der Waals surface area contributed by atoms with Crippen LogP contribution in [0.3, 0.4) is 0 Å². The molecule has 1 aromatic carbocycles. The van der Waals surface area contributed by atoms with Gasteiger partial charge in [0, 0.05) is 71.1 Å². The molecule has 34 heavy (non-hydrogen) atoms. The third-order valence-corrected chi connectivity index (χ3v) is 6.81. The van der Waals surface area contributed by atoms with Gasteiger partial charge in [-0.2, -0.15) is 0 Å². The maximum Gasteiger partial charge on any atom is 0.264 e. The number of imide groups is 2. The summed E-state index contributed by atoms with van der Waals surface area (Å²) in [6.07, 6.45) is -1.18. The van der Waals surface area contributed by atoms with E-state index in [9.17, 15) is 19.2 Å². The zero-order valence-corrected chi connectivity index (χ0v) is 19.7. The van der Waals surface area contributed by atoms with E-state index in [1.54, 1.807) is 12.1 Å². The van der Waals surface area contributed by atoms with Gasteiger partial charge in [-0.1, -0.05) is 0 Å². The summed E-state index contributed by atoms with van der Waals surface area (Å²) in [5.41, 5.74) is 1.48. The minimum absolute atomic E-state index is 0. The average Bonchev–Trinajstić information content (AvgIpc) is 3.08. The second-order valence-corrected chi connectivity index (χ2v) is 8.83. The van der Waals surface area contributed by atoms with E-state index >= 15 is 0 Å². The Balaban J connectivity index is 0.00000274. The Kier molecular flexibility index (Phi) is 7.48. The third kappa shape index (κ3) is 4.80. The average molecular weight is 492 g/mol. The fraction of sp³-hybridized carbons (Fsp3) is 0.545. The van der Waals surface area contributed by atoms with Crippen LogP contribution in [-0.4, -0.2) is 116 Å². The molecule has 1 unspecified atom stereocenters. The van der Waals surface area contributed by atoms with Gasteiger partial charge in [0.15, 0.2) is 6.17 Å². The largest absolute Gasteiger partial charge is 0.369 e. The summed E-state index contributed by atoms with van der Waals surface area (Å²) < 4.78 is 0. The number of nitrogens with one attached hydrogen (secondary N) is 3. The molecule has 0 radical (unpaired) electrons. The van der Waals surface area contributed by atoms with Gasteiger partial charge in [-0.05, 0) is 18.2 Å². The van der Waals surface area contributed by atoms with Crippen molar-refractivity contribution < 1.29 is 19.2 Å². The van der Waals surface area contributed by atoms with Crippen LogP contribution in [0.4, 0.5) is 5.69 Å². The molecule has 0 spiro atoms. The molecule has 0 saturated carbocycles. The number of rotatable bonds is 5. The Bertz CT molecular complexity index is 976. The highest BCUT2D eigenvalue weighted by atomic mass is 35.5. The lowest BCUT2D eigenvalue weighted by atomic mass is 10.1. The van der Waals surface area contributed by atoms with Crippen molar-refractivity contribution in [2.45, 2.75) is 6.17 Å². The van der Waals surface area contributed by atoms with Gasteiger partial charge in [0.05, 0.1) is 17.7 Å². The van der Waals surface area contributed by atoms with Gasteiger partial charge < -0.3 is 10.2 Å². The molecule has 0 aliphatic carbocycles. The molecule has 184 valence electrons. The first kappa shape index (κ1) is 24.6. The Morgan fingerprint density at radius 2 is 1.47 bits per heavy atom. The van der Waals surface area contributed by atoms with Crippen molar-refractivity contribution >= 4 is 41.7 Å². The number of carbonyl (C=O) groups excluding carboxylic acids is 4. The number of hydrogen-bond donors (Lipinski definition) is 3. The van der Waals surface area contributed by atoms with Crippen LogP contribution < -0.4 is 20.9 Å². The summed E-state index contributed by atoms with van der Waals surface area (Å²) in [5, 5.41) is 8.22. The first-order valence-electron chi connectivity index (χ1n) is 11.5. The Labute approximate surface area is 204 Å². The zero-order valence-electron chi connectivity index (χ0n) is 18.9. The standard InChI is InChI=1S/C22H29N7O4.ClH/c30-18-14-24-19(20(31)25-18)29-21(32)16-2-1-15(13-17(16)22(29)33)28-11-9-27(10-12-28)8-7-26-5-3-23-4-6-26;/h1-2,13,19,23-24H,3-12,14H2,(H,25,30,31);1H. The second-order valence-electron chi connectivity index (χ2n) is 8.83. The predicted molar refractivity (Wildman–Crippen MR) is 127 cm³/mol. The lowest BCUT2D eigenvalue weighted by Crippen LogP contribution is -2.64. The summed E-state index contributed by atoms with van der Waals surface area (Å²) in [6, 6.07) is 5.27. The molecule has 4 heterocycles. The first-order valence-corrected chi connectivity index (χ1v) is 11.5. The lowest BCUT2D eigenvalue weighted by Gasteiger charge is -2.37. The van der Waals surface area contributed by atoms with Gasteiger partial charge in [0.1, 0.15) is 0 Å². The monoisotopic (exact) mass is 491 g/mol. The molecule has 4 aliphatic heterocycles. The van der Waals surface area contributed by atoms with Crippen LogP contribution in [0, 0.1) is 0 Å². The highest BCUT2D eigenvalue weighted by molar-refractivity contribution is 6.23. The van der Waals surface area contributed by atoms with Crippen molar-refractivity contribution in [2.75, 3.05) is 76.9 Å². The smallest absolute Gasteiger partial charge is 0.264 e. The highest BCUT2D eigenvalue weighted by Gasteiger charge is 2.44. The number of fused-ring (bicyclic) bond motifs is 1. The number of benzene rings is 1. The van der Waals surface area contributed by atoms with E-state index in [0.717, 1.165) is 76.0 Å². The molecule has 12 heteroatoms. The van der Waals surface area contributed by atoms with Gasteiger partial charge in [0.2, 0.25) is 5.91 Å². The number of halogens is 1. The summed E-state index contributed by atoms with van der Waals surface area (Å²) in [7, 11) is 0. The second kappa shape index (κ2) is 10.4. The van der Waals surface area contributed by atoms with Crippen molar-refractivity contribution in [2.24, 2.45) is 0 Å². The molecule has 3 fully saturated rings. The Hall–Kier alpha value is -2.57. The van der Waals surface area contributed by atoms with Gasteiger partial charge in [0.25, 0.3) is 17.7 Å². The van der Waals surface area contributed by atoms with Crippen LogP contribution in [0.2, 0.25) is 0 Å². The van der Waals surface area contributed by atoms with E-state index in [1.165, 1.54) is 0 Å². The van der Waals surface area contributed by atoms with E-state index in [4.69, 9.17) is 0 Å². The molecular formula is C22H30ClN7O4. The van der Waals surface area contributed by atoms with Gasteiger partial charge >= 0.3 is 0 Å². The van der Waals surface area contributed by atoms with Gasteiger partial charge in [-0.15, -0.1) is 12.4 Å². The quantitative estimate of drug-likeness (QED) is 0.414. The van der Waals surface area contributed by atoms with Crippen LogP contribution in [0.5, 0.6) is 0 Å². The molecule has 0 bridgehead atoms. The van der Waals surface area contributed by atoms with Crippen molar-refractivity contribution in [3.8, 4) is 0 Å². The van der Waals surface area contributed by atoms with E-state index in [1.807, 2.05) is 6.07 Å². The molecule has 4 aliphatic rings. The van der Waals surface area contributed by atoms with E-state index in [0.29, 0.717) is 5.56 Å². The number of anilines is 1. The molecule has 5 rings (SSSR count). The van der Waals surface area contributed by atoms with E-state index in [2.05, 4.69) is 30.7 Å². The molecular weight excluding hydrogens is 462 g/mol. The summed E-state index contributed by atoms with van der Waals surface area (Å²) in [5.74, 6) is -2.23. The first-order chi connectivity index (χ1) is 16.0. The molecule has 0 aromatic heterocycles. The summed E-state index contributed by atoms with van der Waals surface area (Å²) in [6.45, 7) is 9.93. The Morgan fingerprint density at radius 1 is 0.824 bits per heavy atom. The number of carbonyl (C=O) groups is 4. The maximum absolute atomic E-state index is 13.0. The lowest BCUT2D eigenvalue weighted by molar-refractivity contribution is -0.136. The molecule has 1 aromatic rings. The molecule has 3 N–H and O–H groups in total. The fourth-order valence-corrected chi connectivity index (χ4v) is 4.87. The third-order valence-electron chi connectivity index (χ3n) is 6.81. The van der Waals surface area contributed by atoms with E-state index < -0.39 is 29.8 Å². The van der Waals surface area contributed by atoms with Gasteiger partial charge in [-0.25, -0.2) is 4.90 Å². The molecule has 3 saturated heterocycles. The summed E-state index contributed by atoms with van der Waals surface area (Å²) in [4.78, 5) is 57.5. The predicted octanol–water partition coefficient (Wildman–Crippen LogP) is -1.70. The van der Waals surface area contributed by atoms with Crippen LogP contribution in [0.1, 0.15) is 20.7 Å². The Morgan fingerprint density at radius 3 is 2.15 bits per heavy atom. The maximum atomic E-state index is 13.0. The normalized spacial score (nSPS) is 24.2. The van der Waals surface area contributed by atoms with E-state index in [-0.39, 0.29) is 24.5 Å². The van der Waals surface area contributed by atoms with Gasteiger partial charge in [-0.3, -0.25) is 39.6 Å². The highest BCUT2D eigenvalue weighted by Crippen LogP contribution is 2.29. The van der Waals surface area contributed by atoms with Crippen molar-refractivity contribution in [3.05, 3.63) is 29.3 Å². The number of hydrogen-bond acceptors (Lipinski definition) is 9.